The molecule has 26 heavy (non-hydrogen) atoms. The highest BCUT2D eigenvalue weighted by Gasteiger charge is 2.14. The van der Waals surface area contributed by atoms with E-state index in [0.29, 0.717) is 0 Å². The van der Waals surface area contributed by atoms with Gasteiger partial charge in [-0.05, 0) is 19.0 Å². The molecule has 1 rings (SSSR count). The zero-order chi connectivity index (χ0) is 18.8. The number of benzene rings is 1. The summed E-state index contributed by atoms with van der Waals surface area (Å²) in [6, 6.07) is 10.9. The second kappa shape index (κ2) is 18.8. The number of halogens is 1. The van der Waals surface area contributed by atoms with Crippen molar-refractivity contribution < 1.29 is 4.48 Å². The number of nitrogens with two attached hydrogens (primary N) is 1. The second-order valence-corrected chi connectivity index (χ2v) is 7.72. The molecule has 0 aliphatic heterocycles. The molecule has 0 heterocycles. The first-order chi connectivity index (χ1) is 12.1. The molecule has 0 aromatic heterocycles. The summed E-state index contributed by atoms with van der Waals surface area (Å²) >= 11 is 0. The number of hydrogen-bond donors (Lipinski definition) is 1. The van der Waals surface area contributed by atoms with E-state index in [-0.39, 0.29) is 12.4 Å². The minimum Gasteiger partial charge on any atom is -0.405 e. The summed E-state index contributed by atoms with van der Waals surface area (Å²) in [6.45, 7) is 7.88. The van der Waals surface area contributed by atoms with Crippen molar-refractivity contribution in [2.45, 2.75) is 77.7 Å². The van der Waals surface area contributed by atoms with Gasteiger partial charge in [0, 0.05) is 5.56 Å². The van der Waals surface area contributed by atoms with Gasteiger partial charge < -0.3 is 10.2 Å². The lowest BCUT2D eigenvalue weighted by Gasteiger charge is -2.30. The fourth-order valence-electron chi connectivity index (χ4n) is 3.18. The molecule has 0 atom stereocenters. The van der Waals surface area contributed by atoms with E-state index in [1.165, 1.54) is 82.5 Å². The van der Waals surface area contributed by atoms with Gasteiger partial charge in [0.15, 0.2) is 0 Å². The molecule has 0 fully saturated rings. The Kier molecular flexibility index (Phi) is 19.7. The minimum absolute atomic E-state index is 0. The maximum Gasteiger partial charge on any atom is 0.104 e. The molecule has 152 valence electrons. The maximum atomic E-state index is 4.61. The lowest BCUT2D eigenvalue weighted by atomic mass is 10.1. The van der Waals surface area contributed by atoms with Gasteiger partial charge >= 0.3 is 0 Å². The first-order valence-electron chi connectivity index (χ1n) is 10.2. The first kappa shape index (κ1) is 27.2. The summed E-state index contributed by atoms with van der Waals surface area (Å²) in [5.41, 5.74) is 6.07. The molecule has 0 aliphatic rings. The normalized spacial score (nSPS) is 10.4. The van der Waals surface area contributed by atoms with Crippen LogP contribution in [0.5, 0.6) is 0 Å². The predicted molar refractivity (Wildman–Crippen MR) is 121 cm³/mol. The molecule has 0 saturated carbocycles. The van der Waals surface area contributed by atoms with Crippen LogP contribution in [0.25, 0.3) is 0 Å². The third-order valence-electron chi connectivity index (χ3n) is 4.57. The lowest BCUT2D eigenvalue weighted by molar-refractivity contribution is -0.903. The average Bonchev–Trinajstić information content (AvgIpc) is 2.58. The molecule has 0 amide bonds. The molecular weight excluding hydrogens is 340 g/mol. The molecule has 0 aliphatic carbocycles. The highest BCUT2D eigenvalue weighted by Crippen LogP contribution is 2.13. The Bertz CT molecular complexity index is 404. The van der Waals surface area contributed by atoms with E-state index in [0.717, 1.165) is 11.0 Å². The zero-order valence-corrected chi connectivity index (χ0v) is 18.4. The fourth-order valence-corrected chi connectivity index (χ4v) is 3.18. The van der Waals surface area contributed by atoms with Crippen LogP contribution < -0.4 is 5.73 Å². The summed E-state index contributed by atoms with van der Waals surface area (Å²) in [5.74, 6) is 0. The Morgan fingerprint density at radius 3 is 1.73 bits per heavy atom. The topological polar surface area (TPSA) is 26.0 Å². The van der Waals surface area contributed by atoms with Crippen molar-refractivity contribution in [1.29, 1.82) is 0 Å². The third-order valence-corrected chi connectivity index (χ3v) is 4.57. The Morgan fingerprint density at radius 2 is 1.27 bits per heavy atom. The van der Waals surface area contributed by atoms with E-state index in [1.54, 1.807) is 0 Å². The van der Waals surface area contributed by atoms with Gasteiger partial charge in [0.2, 0.25) is 0 Å². The molecule has 2 nitrogen and oxygen atoms in total. The average molecular weight is 384 g/mol. The van der Waals surface area contributed by atoms with E-state index in [1.807, 2.05) is 0 Å². The van der Waals surface area contributed by atoms with Gasteiger partial charge in [-0.25, -0.2) is 0 Å². The van der Waals surface area contributed by atoms with E-state index >= 15 is 0 Å². The van der Waals surface area contributed by atoms with Crippen LogP contribution in [-0.2, 0) is 6.54 Å². The van der Waals surface area contributed by atoms with Crippen LogP contribution in [-0.4, -0.2) is 25.1 Å². The maximum absolute atomic E-state index is 4.61. The predicted octanol–water partition coefficient (Wildman–Crippen LogP) is 6.69. The summed E-state index contributed by atoms with van der Waals surface area (Å²) in [5, 5.41) is 0. The van der Waals surface area contributed by atoms with Crippen molar-refractivity contribution in [3.05, 3.63) is 48.7 Å². The number of quaternary nitrogens is 1. The second-order valence-electron chi connectivity index (χ2n) is 7.72. The summed E-state index contributed by atoms with van der Waals surface area (Å²) < 4.78 is 1.11. The molecule has 3 heteroatoms. The Hall–Kier alpha value is -0.990. The van der Waals surface area contributed by atoms with Crippen molar-refractivity contribution in [3.63, 3.8) is 0 Å². The number of unbranched alkanes of at least 4 members (excludes halogenated alkanes) is 9. The Morgan fingerprint density at radius 1 is 0.846 bits per heavy atom. The highest BCUT2D eigenvalue weighted by atomic mass is 35.5. The standard InChI is InChI=1S/C21H38N.C2H5N.ClH/c1-4-5-6-7-8-9-10-11-12-16-19-22(2,3)20-21-17-14-13-15-18-21;1-2-3;/h13-15,17-18H,4-12,16,19-20H2,1-3H3;2H,1,3H2;1H/q+1;;. The van der Waals surface area contributed by atoms with Gasteiger partial charge in [-0.2, -0.15) is 0 Å². The number of nitrogens with zero attached hydrogens (tertiary/aromatic N) is 1. The molecule has 0 radical (unpaired) electrons. The van der Waals surface area contributed by atoms with E-state index < -0.39 is 0 Å². The van der Waals surface area contributed by atoms with Crippen LogP contribution in [0.3, 0.4) is 0 Å². The van der Waals surface area contributed by atoms with E-state index in [2.05, 4.69) is 63.7 Å². The molecule has 1 aromatic carbocycles. The van der Waals surface area contributed by atoms with Gasteiger partial charge in [0.25, 0.3) is 0 Å². The Balaban J connectivity index is 0. The summed E-state index contributed by atoms with van der Waals surface area (Å²) in [7, 11) is 4.72. The van der Waals surface area contributed by atoms with Crippen molar-refractivity contribution in [3.8, 4) is 0 Å². The van der Waals surface area contributed by atoms with Gasteiger partial charge in [-0.15, -0.1) is 12.4 Å². The molecule has 0 spiro atoms. The van der Waals surface area contributed by atoms with Crippen LogP contribution >= 0.6 is 12.4 Å². The van der Waals surface area contributed by atoms with Crippen LogP contribution in [0.15, 0.2) is 43.1 Å². The van der Waals surface area contributed by atoms with Crippen molar-refractivity contribution in [1.82, 2.24) is 0 Å². The number of hydrogen-bond acceptors (Lipinski definition) is 1. The van der Waals surface area contributed by atoms with Gasteiger partial charge in [-0.3, -0.25) is 0 Å². The Labute approximate surface area is 169 Å². The molecular formula is C23H44ClN2+. The first-order valence-corrected chi connectivity index (χ1v) is 10.2. The van der Waals surface area contributed by atoms with Crippen LogP contribution in [0.4, 0.5) is 0 Å². The van der Waals surface area contributed by atoms with Crippen molar-refractivity contribution >= 4 is 12.4 Å². The van der Waals surface area contributed by atoms with E-state index in [4.69, 9.17) is 0 Å². The van der Waals surface area contributed by atoms with Gasteiger partial charge in [0.1, 0.15) is 6.54 Å². The number of rotatable bonds is 13. The third kappa shape index (κ3) is 17.8. The van der Waals surface area contributed by atoms with Crippen molar-refractivity contribution in [2.24, 2.45) is 5.73 Å². The van der Waals surface area contributed by atoms with Gasteiger partial charge in [-0.1, -0.05) is 95.2 Å². The SMILES string of the molecule is C=CN.CCCCCCCCCCCC[N+](C)(C)Cc1ccccc1.Cl. The van der Waals surface area contributed by atoms with Crippen LogP contribution in [0.2, 0.25) is 0 Å². The molecule has 0 unspecified atom stereocenters. The minimum atomic E-state index is 0. The van der Waals surface area contributed by atoms with Crippen LogP contribution in [0.1, 0.15) is 76.7 Å². The van der Waals surface area contributed by atoms with Crippen molar-refractivity contribution in [2.75, 3.05) is 20.6 Å². The molecule has 0 saturated heterocycles. The smallest absolute Gasteiger partial charge is 0.104 e. The van der Waals surface area contributed by atoms with Crippen LogP contribution in [0, 0.1) is 0 Å². The largest absolute Gasteiger partial charge is 0.405 e. The molecule has 1 aromatic rings. The highest BCUT2D eigenvalue weighted by molar-refractivity contribution is 5.85. The van der Waals surface area contributed by atoms with Gasteiger partial charge in [0.05, 0.1) is 20.6 Å². The zero-order valence-electron chi connectivity index (χ0n) is 17.6. The summed E-state index contributed by atoms with van der Waals surface area (Å²) in [6.07, 6.45) is 15.5. The summed E-state index contributed by atoms with van der Waals surface area (Å²) in [4.78, 5) is 0. The fraction of sp³-hybridized carbons (Fsp3) is 0.652. The molecule has 0 bridgehead atoms. The monoisotopic (exact) mass is 383 g/mol. The van der Waals surface area contributed by atoms with E-state index in [9.17, 15) is 0 Å². The quantitative estimate of drug-likeness (QED) is 0.298. The lowest BCUT2D eigenvalue weighted by Crippen LogP contribution is -2.39. The molecule has 2 N–H and O–H groups in total.